The maximum absolute atomic E-state index is 13.4. The van der Waals surface area contributed by atoms with E-state index < -0.39 is 0 Å². The molecule has 164 valence electrons. The first kappa shape index (κ1) is 20.4. The van der Waals surface area contributed by atoms with Crippen LogP contribution in [0.5, 0.6) is 5.75 Å². The number of hydrogen-bond acceptors (Lipinski definition) is 5. The van der Waals surface area contributed by atoms with Crippen LogP contribution < -0.4 is 19.9 Å². The molecule has 0 aliphatic carbocycles. The maximum Gasteiger partial charge on any atom is 0.225 e. The Kier molecular flexibility index (Phi) is 5.67. The molecule has 1 saturated heterocycles. The molecule has 2 atom stereocenters. The summed E-state index contributed by atoms with van der Waals surface area (Å²) >= 11 is 0. The first-order valence-electron chi connectivity index (χ1n) is 11.1. The number of pyridine rings is 1. The summed E-state index contributed by atoms with van der Waals surface area (Å²) < 4.78 is 5.49. The Morgan fingerprint density at radius 2 is 1.94 bits per heavy atom. The van der Waals surface area contributed by atoms with E-state index in [2.05, 4.69) is 32.2 Å². The molecule has 32 heavy (non-hydrogen) atoms. The van der Waals surface area contributed by atoms with Crippen LogP contribution in [0.25, 0.3) is 0 Å². The minimum absolute atomic E-state index is 0.0705. The van der Waals surface area contributed by atoms with Gasteiger partial charge in [-0.25, -0.2) is 4.98 Å². The summed E-state index contributed by atoms with van der Waals surface area (Å²) in [5, 5.41) is 3.19. The van der Waals surface area contributed by atoms with Crippen LogP contribution in [-0.4, -0.2) is 43.7 Å². The number of carbonyl (C=O) groups excluding carboxylic acids is 1. The van der Waals surface area contributed by atoms with Gasteiger partial charge in [-0.3, -0.25) is 4.79 Å². The smallest absolute Gasteiger partial charge is 0.225 e. The van der Waals surface area contributed by atoms with E-state index in [1.54, 1.807) is 7.11 Å². The number of benzene rings is 2. The molecule has 3 aromatic rings. The Morgan fingerprint density at radius 3 is 2.72 bits per heavy atom. The van der Waals surface area contributed by atoms with Gasteiger partial charge in [0.05, 0.1) is 19.1 Å². The molecule has 6 nitrogen and oxygen atoms in total. The van der Waals surface area contributed by atoms with Gasteiger partial charge in [-0.15, -0.1) is 0 Å². The van der Waals surface area contributed by atoms with Crippen molar-refractivity contribution < 1.29 is 9.53 Å². The van der Waals surface area contributed by atoms with Crippen molar-refractivity contribution in [1.29, 1.82) is 0 Å². The third kappa shape index (κ3) is 4.00. The lowest BCUT2D eigenvalue weighted by molar-refractivity contribution is -0.126. The molecule has 3 heterocycles. The van der Waals surface area contributed by atoms with E-state index in [0.29, 0.717) is 6.54 Å². The minimum Gasteiger partial charge on any atom is -0.497 e. The van der Waals surface area contributed by atoms with Gasteiger partial charge in [-0.05, 0) is 35.7 Å². The van der Waals surface area contributed by atoms with E-state index in [-0.39, 0.29) is 17.9 Å². The number of aromatic nitrogens is 1. The zero-order chi connectivity index (χ0) is 21.9. The molecule has 1 fully saturated rings. The summed E-state index contributed by atoms with van der Waals surface area (Å²) in [5.41, 5.74) is 3.49. The summed E-state index contributed by atoms with van der Waals surface area (Å²) in [7, 11) is 1.70. The lowest BCUT2D eigenvalue weighted by Gasteiger charge is -2.49. The van der Waals surface area contributed by atoms with E-state index in [9.17, 15) is 4.79 Å². The predicted octanol–water partition coefficient (Wildman–Crippen LogP) is 3.27. The normalized spacial score (nSPS) is 19.7. The van der Waals surface area contributed by atoms with E-state index in [0.717, 1.165) is 43.2 Å². The number of methoxy groups -OCH3 is 1. The molecule has 5 rings (SSSR count). The molecular formula is C26H28N4O2. The van der Waals surface area contributed by atoms with Gasteiger partial charge >= 0.3 is 0 Å². The molecule has 0 radical (unpaired) electrons. The standard InChI is InChI=1S/C26H28N4O2/c1-32-21-11-10-20-15-22(26(31)28-17-19-7-3-2-4-8-19)24-18-29(25-9-5-6-12-27-25)13-14-30(24)23(20)16-21/h2-12,16,22,24H,13-15,17-18H2,1H3,(H,28,31). The number of anilines is 2. The van der Waals surface area contributed by atoms with Crippen molar-refractivity contribution in [2.45, 2.75) is 19.0 Å². The second kappa shape index (κ2) is 8.91. The molecule has 1 amide bonds. The average molecular weight is 429 g/mol. The second-order valence-corrected chi connectivity index (χ2v) is 8.40. The van der Waals surface area contributed by atoms with Gasteiger partial charge in [-0.1, -0.05) is 42.5 Å². The largest absolute Gasteiger partial charge is 0.497 e. The molecular weight excluding hydrogens is 400 g/mol. The number of piperazine rings is 1. The minimum atomic E-state index is -0.133. The molecule has 0 bridgehead atoms. The van der Waals surface area contributed by atoms with Gasteiger partial charge < -0.3 is 19.9 Å². The molecule has 2 aliphatic rings. The summed E-state index contributed by atoms with van der Waals surface area (Å²) in [6.45, 7) is 3.01. The number of hydrogen-bond donors (Lipinski definition) is 1. The Labute approximate surface area is 188 Å². The number of carbonyl (C=O) groups is 1. The highest BCUT2D eigenvalue weighted by molar-refractivity contribution is 5.82. The van der Waals surface area contributed by atoms with Crippen molar-refractivity contribution in [2.75, 3.05) is 36.5 Å². The second-order valence-electron chi connectivity index (χ2n) is 8.40. The molecule has 1 aromatic heterocycles. The lowest BCUT2D eigenvalue weighted by Crippen LogP contribution is -2.61. The van der Waals surface area contributed by atoms with Crippen LogP contribution in [0.4, 0.5) is 11.5 Å². The van der Waals surface area contributed by atoms with Crippen molar-refractivity contribution in [1.82, 2.24) is 10.3 Å². The SMILES string of the molecule is COc1ccc2c(c1)N1CCN(c3ccccn3)CC1C(C(=O)NCc1ccccc1)C2. The predicted molar refractivity (Wildman–Crippen MR) is 126 cm³/mol. The Morgan fingerprint density at radius 1 is 1.09 bits per heavy atom. The van der Waals surface area contributed by atoms with Crippen LogP contribution in [0, 0.1) is 5.92 Å². The van der Waals surface area contributed by atoms with Gasteiger partial charge in [0.25, 0.3) is 0 Å². The zero-order valence-electron chi connectivity index (χ0n) is 18.3. The van der Waals surface area contributed by atoms with Crippen molar-refractivity contribution >= 4 is 17.4 Å². The first-order valence-corrected chi connectivity index (χ1v) is 11.1. The van der Waals surface area contributed by atoms with Crippen LogP contribution in [0.15, 0.2) is 72.9 Å². The monoisotopic (exact) mass is 428 g/mol. The van der Waals surface area contributed by atoms with Crippen LogP contribution >= 0.6 is 0 Å². The first-order chi connectivity index (χ1) is 15.7. The van der Waals surface area contributed by atoms with Gasteiger partial charge in [0.1, 0.15) is 11.6 Å². The molecule has 2 unspecified atom stereocenters. The number of rotatable bonds is 5. The van der Waals surface area contributed by atoms with Crippen LogP contribution in [0.2, 0.25) is 0 Å². The maximum atomic E-state index is 13.4. The van der Waals surface area contributed by atoms with E-state index >= 15 is 0 Å². The lowest BCUT2D eigenvalue weighted by atomic mass is 9.83. The highest BCUT2D eigenvalue weighted by Crippen LogP contribution is 2.38. The van der Waals surface area contributed by atoms with Crippen LogP contribution in [-0.2, 0) is 17.8 Å². The molecule has 0 saturated carbocycles. The summed E-state index contributed by atoms with van der Waals surface area (Å²) in [4.78, 5) is 22.6. The number of nitrogens with one attached hydrogen (secondary N) is 1. The topological polar surface area (TPSA) is 57.7 Å². The fourth-order valence-electron chi connectivity index (χ4n) is 4.87. The third-order valence-corrected chi connectivity index (χ3v) is 6.54. The van der Waals surface area contributed by atoms with Gasteiger partial charge in [0.2, 0.25) is 5.91 Å². The van der Waals surface area contributed by atoms with Crippen LogP contribution in [0.3, 0.4) is 0 Å². The van der Waals surface area contributed by atoms with Gasteiger partial charge in [0.15, 0.2) is 0 Å². The van der Waals surface area contributed by atoms with E-state index in [1.165, 1.54) is 11.3 Å². The summed E-state index contributed by atoms with van der Waals surface area (Å²) in [5.74, 6) is 1.79. The highest BCUT2D eigenvalue weighted by atomic mass is 16.5. The number of ether oxygens (including phenoxy) is 1. The Balaban J connectivity index is 1.42. The molecule has 2 aliphatic heterocycles. The van der Waals surface area contributed by atoms with Gasteiger partial charge in [0, 0.05) is 44.1 Å². The molecule has 1 N–H and O–H groups in total. The van der Waals surface area contributed by atoms with Crippen molar-refractivity contribution in [3.63, 3.8) is 0 Å². The molecule has 0 spiro atoms. The average Bonchev–Trinajstić information content (AvgIpc) is 2.87. The van der Waals surface area contributed by atoms with Crippen molar-refractivity contribution in [3.05, 3.63) is 84.1 Å². The summed E-state index contributed by atoms with van der Waals surface area (Å²) in [6.07, 6.45) is 2.55. The van der Waals surface area contributed by atoms with Crippen molar-refractivity contribution in [3.8, 4) is 5.75 Å². The van der Waals surface area contributed by atoms with Crippen molar-refractivity contribution in [2.24, 2.45) is 5.92 Å². The number of amides is 1. The van der Waals surface area contributed by atoms with Gasteiger partial charge in [-0.2, -0.15) is 0 Å². The Hall–Kier alpha value is -3.54. The quantitative estimate of drug-likeness (QED) is 0.676. The zero-order valence-corrected chi connectivity index (χ0v) is 18.3. The number of nitrogens with zero attached hydrogens (tertiary/aromatic N) is 3. The fourth-order valence-corrected chi connectivity index (χ4v) is 4.87. The van der Waals surface area contributed by atoms with Crippen LogP contribution in [0.1, 0.15) is 11.1 Å². The van der Waals surface area contributed by atoms with E-state index in [4.69, 9.17) is 4.74 Å². The third-order valence-electron chi connectivity index (χ3n) is 6.54. The highest BCUT2D eigenvalue weighted by Gasteiger charge is 2.41. The fraction of sp³-hybridized carbons (Fsp3) is 0.308. The molecule has 2 aromatic carbocycles. The summed E-state index contributed by atoms with van der Waals surface area (Å²) in [6, 6.07) is 22.3. The Bertz CT molecular complexity index is 1070. The van der Waals surface area contributed by atoms with E-state index in [1.807, 2.05) is 60.8 Å². The number of fused-ring (bicyclic) bond motifs is 3. The molecule has 6 heteroatoms.